The van der Waals surface area contributed by atoms with Gasteiger partial charge in [0.25, 0.3) is 0 Å². The van der Waals surface area contributed by atoms with Gasteiger partial charge in [-0.05, 0) is 37.8 Å². The van der Waals surface area contributed by atoms with Crippen LogP contribution in [0.25, 0.3) is 0 Å². The molecule has 0 fully saturated rings. The molecule has 0 unspecified atom stereocenters. The highest BCUT2D eigenvalue weighted by Crippen LogP contribution is 2.30. The number of thiol groups is 1. The number of rotatable bonds is 12. The summed E-state index contributed by atoms with van der Waals surface area (Å²) in [6.07, 6.45) is 15.2. The molecule has 0 aliphatic rings. The molecule has 1 aromatic rings. The predicted molar refractivity (Wildman–Crippen MR) is 104 cm³/mol. The molecule has 126 valence electrons. The normalized spacial score (nSPS) is 11.8. The second-order valence-electron chi connectivity index (χ2n) is 7.15. The van der Waals surface area contributed by atoms with Gasteiger partial charge in [-0.25, -0.2) is 0 Å². The lowest BCUT2D eigenvalue weighted by atomic mass is 9.93. The summed E-state index contributed by atoms with van der Waals surface area (Å²) in [5, 5.41) is 0. The minimum atomic E-state index is -0.0327. The first-order valence-electron chi connectivity index (χ1n) is 9.36. The first-order chi connectivity index (χ1) is 10.6. The van der Waals surface area contributed by atoms with Crippen LogP contribution in [0.1, 0.15) is 96.1 Å². The first kappa shape index (κ1) is 19.6. The fraction of sp³-hybridized carbons (Fsp3) is 0.714. The zero-order valence-corrected chi connectivity index (χ0v) is 15.9. The molecule has 0 saturated carbocycles. The Hall–Kier alpha value is -0.430. The van der Waals surface area contributed by atoms with Crippen LogP contribution in [0, 0.1) is 0 Å². The van der Waals surface area contributed by atoms with Crippen molar-refractivity contribution in [1.82, 2.24) is 0 Å². The molecule has 0 saturated heterocycles. The number of unbranched alkanes of at least 4 members (excludes halogenated alkanes) is 9. The Labute approximate surface area is 144 Å². The van der Waals surface area contributed by atoms with E-state index in [0.29, 0.717) is 0 Å². The third kappa shape index (κ3) is 8.27. The van der Waals surface area contributed by atoms with Gasteiger partial charge >= 0.3 is 0 Å². The van der Waals surface area contributed by atoms with Gasteiger partial charge in [0.05, 0.1) is 0 Å². The van der Waals surface area contributed by atoms with E-state index in [1.165, 1.54) is 81.8 Å². The van der Waals surface area contributed by atoms with Gasteiger partial charge in [0, 0.05) is 4.75 Å². The zero-order chi connectivity index (χ0) is 16.3. The predicted octanol–water partition coefficient (Wildman–Crippen LogP) is 7.31. The summed E-state index contributed by atoms with van der Waals surface area (Å²) >= 11 is 4.74. The Morgan fingerprint density at radius 2 is 1.27 bits per heavy atom. The van der Waals surface area contributed by atoms with E-state index in [4.69, 9.17) is 12.6 Å². The molecule has 0 radical (unpaired) electrons. The van der Waals surface area contributed by atoms with Crippen LogP contribution in [0.15, 0.2) is 24.3 Å². The van der Waals surface area contributed by atoms with E-state index in [1.807, 2.05) is 0 Å². The molecule has 0 heterocycles. The monoisotopic (exact) mass is 320 g/mol. The van der Waals surface area contributed by atoms with Gasteiger partial charge in [-0.15, -0.1) is 0 Å². The summed E-state index contributed by atoms with van der Waals surface area (Å²) in [5.41, 5.74) is 2.89. The summed E-state index contributed by atoms with van der Waals surface area (Å²) in [4.78, 5) is 0. The molecule has 0 amide bonds. The third-order valence-corrected chi connectivity index (χ3v) is 4.72. The number of benzene rings is 1. The minimum absolute atomic E-state index is 0.0327. The second kappa shape index (κ2) is 11.2. The zero-order valence-electron chi connectivity index (χ0n) is 15.0. The van der Waals surface area contributed by atoms with Crippen LogP contribution in [0.4, 0.5) is 0 Å². The molecule has 1 rings (SSSR count). The van der Waals surface area contributed by atoms with Crippen LogP contribution in [0.5, 0.6) is 0 Å². The maximum atomic E-state index is 4.74. The van der Waals surface area contributed by atoms with Gasteiger partial charge < -0.3 is 0 Å². The lowest BCUT2D eigenvalue weighted by Gasteiger charge is -2.22. The number of hydrogen-bond acceptors (Lipinski definition) is 1. The van der Waals surface area contributed by atoms with Gasteiger partial charge in [0.15, 0.2) is 0 Å². The van der Waals surface area contributed by atoms with Gasteiger partial charge in [-0.2, -0.15) is 12.6 Å². The summed E-state index contributed by atoms with van der Waals surface area (Å²) in [5.74, 6) is 0. The number of aryl methyl sites for hydroxylation is 1. The van der Waals surface area contributed by atoms with E-state index in [9.17, 15) is 0 Å². The van der Waals surface area contributed by atoms with Crippen molar-refractivity contribution in [2.45, 2.75) is 96.1 Å². The molecule has 0 aromatic heterocycles. The quantitative estimate of drug-likeness (QED) is 0.303. The molecule has 0 aliphatic heterocycles. The molecular weight excluding hydrogens is 284 g/mol. The average molecular weight is 321 g/mol. The van der Waals surface area contributed by atoms with E-state index in [2.05, 4.69) is 45.0 Å². The smallest absolute Gasteiger partial charge is 0.0324 e. The number of hydrogen-bond donors (Lipinski definition) is 1. The van der Waals surface area contributed by atoms with Crippen molar-refractivity contribution in [2.75, 3.05) is 0 Å². The standard InChI is InChI=1S/C21H36S/c1-4-5-6-7-8-9-10-11-12-13-16-19-17-14-15-18-20(19)21(2,3)22/h14-15,17-18,22H,4-13,16H2,1-3H3. The highest BCUT2D eigenvalue weighted by atomic mass is 32.1. The van der Waals surface area contributed by atoms with E-state index in [1.54, 1.807) is 0 Å². The maximum absolute atomic E-state index is 4.74. The largest absolute Gasteiger partial charge is 0.168 e. The van der Waals surface area contributed by atoms with Crippen molar-refractivity contribution >= 4 is 12.6 Å². The molecule has 1 heteroatoms. The van der Waals surface area contributed by atoms with E-state index >= 15 is 0 Å². The van der Waals surface area contributed by atoms with Crippen LogP contribution >= 0.6 is 12.6 Å². The molecule has 1 aromatic carbocycles. The lowest BCUT2D eigenvalue weighted by molar-refractivity contribution is 0.555. The van der Waals surface area contributed by atoms with Crippen LogP contribution in [0.2, 0.25) is 0 Å². The first-order valence-corrected chi connectivity index (χ1v) is 9.81. The molecule has 0 atom stereocenters. The van der Waals surface area contributed by atoms with Crippen molar-refractivity contribution in [3.05, 3.63) is 35.4 Å². The average Bonchev–Trinajstić information content (AvgIpc) is 2.48. The Morgan fingerprint density at radius 1 is 0.773 bits per heavy atom. The second-order valence-corrected chi connectivity index (χ2v) is 8.27. The van der Waals surface area contributed by atoms with Gasteiger partial charge in [-0.1, -0.05) is 89.0 Å². The molecule has 0 nitrogen and oxygen atoms in total. The SMILES string of the molecule is CCCCCCCCCCCCc1ccccc1C(C)(C)S. The van der Waals surface area contributed by atoms with E-state index in [-0.39, 0.29) is 4.75 Å². The van der Waals surface area contributed by atoms with Crippen LogP contribution in [-0.4, -0.2) is 0 Å². The van der Waals surface area contributed by atoms with Crippen molar-refractivity contribution in [3.8, 4) is 0 Å². The van der Waals surface area contributed by atoms with Gasteiger partial charge in [-0.3, -0.25) is 0 Å². The topological polar surface area (TPSA) is 0 Å². The van der Waals surface area contributed by atoms with Gasteiger partial charge in [0.1, 0.15) is 0 Å². The minimum Gasteiger partial charge on any atom is -0.168 e. The molecule has 0 aliphatic carbocycles. The fourth-order valence-electron chi connectivity index (χ4n) is 3.14. The highest BCUT2D eigenvalue weighted by molar-refractivity contribution is 7.81. The molecule has 0 N–H and O–H groups in total. The van der Waals surface area contributed by atoms with Crippen molar-refractivity contribution in [1.29, 1.82) is 0 Å². The van der Waals surface area contributed by atoms with E-state index < -0.39 is 0 Å². The fourth-order valence-corrected chi connectivity index (χ4v) is 3.36. The van der Waals surface area contributed by atoms with Crippen molar-refractivity contribution in [3.63, 3.8) is 0 Å². The highest BCUT2D eigenvalue weighted by Gasteiger charge is 2.17. The Balaban J connectivity index is 2.13. The summed E-state index contributed by atoms with van der Waals surface area (Å²) < 4.78 is -0.0327. The summed E-state index contributed by atoms with van der Waals surface area (Å²) in [7, 11) is 0. The van der Waals surface area contributed by atoms with Crippen molar-refractivity contribution in [2.24, 2.45) is 0 Å². The summed E-state index contributed by atoms with van der Waals surface area (Å²) in [6.45, 7) is 6.66. The molecular formula is C21H36S. The van der Waals surface area contributed by atoms with Gasteiger partial charge in [0.2, 0.25) is 0 Å². The third-order valence-electron chi connectivity index (χ3n) is 4.48. The molecule has 0 spiro atoms. The maximum Gasteiger partial charge on any atom is 0.0324 e. The van der Waals surface area contributed by atoms with Crippen LogP contribution in [-0.2, 0) is 11.2 Å². The summed E-state index contributed by atoms with van der Waals surface area (Å²) in [6, 6.07) is 8.81. The lowest BCUT2D eigenvalue weighted by Crippen LogP contribution is -2.11. The molecule has 22 heavy (non-hydrogen) atoms. The van der Waals surface area contributed by atoms with Crippen LogP contribution < -0.4 is 0 Å². The molecule has 0 bridgehead atoms. The Morgan fingerprint density at radius 3 is 1.82 bits per heavy atom. The van der Waals surface area contributed by atoms with Crippen molar-refractivity contribution < 1.29 is 0 Å². The Kier molecular flexibility index (Phi) is 9.95. The van der Waals surface area contributed by atoms with E-state index in [0.717, 1.165) is 0 Å². The Bertz CT molecular complexity index is 389. The van der Waals surface area contributed by atoms with Crippen LogP contribution in [0.3, 0.4) is 0 Å².